The molecule has 7 heteroatoms. The highest BCUT2D eigenvalue weighted by Gasteiger charge is 2.17. The van der Waals surface area contributed by atoms with Crippen molar-refractivity contribution in [1.29, 1.82) is 0 Å². The fourth-order valence-corrected chi connectivity index (χ4v) is 3.83. The van der Waals surface area contributed by atoms with E-state index >= 15 is 0 Å². The van der Waals surface area contributed by atoms with Crippen molar-refractivity contribution >= 4 is 33.5 Å². The molecule has 0 radical (unpaired) electrons. The molecule has 2 aromatic heterocycles. The molecule has 0 spiro atoms. The fourth-order valence-electron chi connectivity index (χ4n) is 2.78. The van der Waals surface area contributed by atoms with Gasteiger partial charge in [0, 0.05) is 33.5 Å². The highest BCUT2D eigenvalue weighted by Crippen LogP contribution is 2.26. The van der Waals surface area contributed by atoms with Crippen molar-refractivity contribution in [1.82, 2.24) is 14.8 Å². The van der Waals surface area contributed by atoms with E-state index in [1.807, 2.05) is 44.2 Å². The van der Waals surface area contributed by atoms with Crippen LogP contribution in [-0.2, 0) is 6.54 Å². The smallest absolute Gasteiger partial charge is 0.277 e. The molecule has 5 nitrogen and oxygen atoms in total. The molecule has 3 aromatic rings. The number of aromatic nitrogens is 3. The van der Waals surface area contributed by atoms with Gasteiger partial charge >= 0.3 is 0 Å². The van der Waals surface area contributed by atoms with Crippen LogP contribution in [0.3, 0.4) is 0 Å². The van der Waals surface area contributed by atoms with Gasteiger partial charge in [0.1, 0.15) is 0 Å². The van der Waals surface area contributed by atoms with E-state index in [1.54, 1.807) is 0 Å². The Balaban J connectivity index is 1.69. The van der Waals surface area contributed by atoms with Crippen LogP contribution in [0.2, 0.25) is 0 Å². The average molecular weight is 420 g/mol. The Bertz CT molecular complexity index is 917. The number of Topliss-reactive ketones (excluding diaryl/α,β-unsaturated/α-hetero) is 1. The largest absolute Gasteiger partial charge is 0.411 e. The van der Waals surface area contributed by atoms with E-state index in [0.717, 1.165) is 33.5 Å². The number of rotatable bonds is 6. The number of carbonyl (C=O) groups is 1. The standard InChI is InChI=1S/C18H18BrN3O2S/c1-4-22-11(2)8-15(12(22)3)16(23)10-25-18-21-20-17(24-18)13-6-5-7-14(19)9-13/h5-9H,4,10H2,1-3H3. The second kappa shape index (κ2) is 7.58. The second-order valence-electron chi connectivity index (χ2n) is 5.62. The lowest BCUT2D eigenvalue weighted by Crippen LogP contribution is -2.05. The van der Waals surface area contributed by atoms with Crippen molar-refractivity contribution in [3.63, 3.8) is 0 Å². The summed E-state index contributed by atoms with van der Waals surface area (Å²) in [5.41, 5.74) is 3.71. The average Bonchev–Trinajstić information content (AvgIpc) is 3.17. The molecule has 0 N–H and O–H groups in total. The molecule has 1 aromatic carbocycles. The number of aryl methyl sites for hydroxylation is 1. The molecule has 0 saturated carbocycles. The molecule has 0 atom stereocenters. The summed E-state index contributed by atoms with van der Waals surface area (Å²) >= 11 is 4.68. The Morgan fingerprint density at radius 3 is 2.76 bits per heavy atom. The van der Waals surface area contributed by atoms with Crippen LogP contribution < -0.4 is 0 Å². The van der Waals surface area contributed by atoms with E-state index in [4.69, 9.17) is 4.42 Å². The van der Waals surface area contributed by atoms with Gasteiger partial charge in [-0.2, -0.15) is 0 Å². The van der Waals surface area contributed by atoms with Crippen LogP contribution in [0.4, 0.5) is 0 Å². The highest BCUT2D eigenvalue weighted by molar-refractivity contribution is 9.10. The molecule has 0 bridgehead atoms. The minimum Gasteiger partial charge on any atom is -0.411 e. The number of thioether (sulfide) groups is 1. The number of carbonyl (C=O) groups excluding carboxylic acids is 1. The molecule has 130 valence electrons. The van der Waals surface area contributed by atoms with Crippen LogP contribution in [0.5, 0.6) is 0 Å². The first kappa shape index (κ1) is 17.9. The Hall–Kier alpha value is -1.86. The fraction of sp³-hybridized carbons (Fsp3) is 0.278. The molecule has 3 rings (SSSR count). The third-order valence-corrected chi connectivity index (χ3v) is 5.31. The molecule has 25 heavy (non-hydrogen) atoms. The second-order valence-corrected chi connectivity index (χ2v) is 7.47. The first-order valence-corrected chi connectivity index (χ1v) is 9.69. The zero-order valence-corrected chi connectivity index (χ0v) is 16.6. The van der Waals surface area contributed by atoms with Crippen molar-refractivity contribution in [2.24, 2.45) is 0 Å². The van der Waals surface area contributed by atoms with Gasteiger partial charge in [0.2, 0.25) is 5.89 Å². The molecule has 0 unspecified atom stereocenters. The van der Waals surface area contributed by atoms with Gasteiger partial charge in [-0.1, -0.05) is 33.8 Å². The topological polar surface area (TPSA) is 60.9 Å². The number of nitrogens with zero attached hydrogens (tertiary/aromatic N) is 3. The summed E-state index contributed by atoms with van der Waals surface area (Å²) < 4.78 is 8.73. The summed E-state index contributed by atoms with van der Waals surface area (Å²) in [7, 11) is 0. The number of benzene rings is 1. The van der Waals surface area contributed by atoms with Crippen LogP contribution in [0.15, 0.2) is 44.4 Å². The van der Waals surface area contributed by atoms with Crippen LogP contribution in [0, 0.1) is 13.8 Å². The minimum absolute atomic E-state index is 0.0694. The molecule has 0 saturated heterocycles. The SMILES string of the molecule is CCn1c(C)cc(C(=O)CSc2nnc(-c3cccc(Br)c3)o2)c1C. The zero-order chi connectivity index (χ0) is 18.0. The normalized spacial score (nSPS) is 11.0. The number of hydrogen-bond donors (Lipinski definition) is 0. The van der Waals surface area contributed by atoms with Gasteiger partial charge in [-0.05, 0) is 45.0 Å². The molecular formula is C18H18BrN3O2S. The van der Waals surface area contributed by atoms with E-state index in [2.05, 4.69) is 37.6 Å². The monoisotopic (exact) mass is 419 g/mol. The van der Waals surface area contributed by atoms with Crippen molar-refractivity contribution in [2.45, 2.75) is 32.5 Å². The maximum Gasteiger partial charge on any atom is 0.277 e. The van der Waals surface area contributed by atoms with Crippen molar-refractivity contribution in [2.75, 3.05) is 5.75 Å². The predicted molar refractivity (Wildman–Crippen MR) is 102 cm³/mol. The quantitative estimate of drug-likeness (QED) is 0.419. The van der Waals surface area contributed by atoms with Gasteiger partial charge < -0.3 is 8.98 Å². The van der Waals surface area contributed by atoms with E-state index < -0.39 is 0 Å². The summed E-state index contributed by atoms with van der Waals surface area (Å²) in [5, 5.41) is 8.47. The Morgan fingerprint density at radius 1 is 1.28 bits per heavy atom. The molecule has 2 heterocycles. The van der Waals surface area contributed by atoms with Crippen LogP contribution in [0.25, 0.3) is 11.5 Å². The van der Waals surface area contributed by atoms with E-state index in [-0.39, 0.29) is 11.5 Å². The molecule has 0 aliphatic carbocycles. The number of hydrogen-bond acceptors (Lipinski definition) is 5. The summed E-state index contributed by atoms with van der Waals surface area (Å²) in [5.74, 6) is 0.786. The van der Waals surface area contributed by atoms with Gasteiger partial charge in [0.05, 0.1) is 5.75 Å². The van der Waals surface area contributed by atoms with E-state index in [0.29, 0.717) is 11.1 Å². The van der Waals surface area contributed by atoms with Gasteiger partial charge in [-0.3, -0.25) is 4.79 Å². The molecular weight excluding hydrogens is 402 g/mol. The maximum atomic E-state index is 12.5. The summed E-state index contributed by atoms with van der Waals surface area (Å²) in [4.78, 5) is 12.5. The molecule has 0 aliphatic heterocycles. The molecule has 0 aliphatic rings. The Morgan fingerprint density at radius 2 is 2.08 bits per heavy atom. The Kier molecular flexibility index (Phi) is 5.44. The van der Waals surface area contributed by atoms with Gasteiger partial charge in [-0.15, -0.1) is 10.2 Å². The first-order chi connectivity index (χ1) is 12.0. The minimum atomic E-state index is 0.0694. The summed E-state index contributed by atoms with van der Waals surface area (Å²) in [6, 6.07) is 9.59. The summed E-state index contributed by atoms with van der Waals surface area (Å²) in [6.45, 7) is 6.93. The first-order valence-electron chi connectivity index (χ1n) is 7.91. The van der Waals surface area contributed by atoms with Crippen LogP contribution in [0.1, 0.15) is 28.7 Å². The summed E-state index contributed by atoms with van der Waals surface area (Å²) in [6.07, 6.45) is 0. The van der Waals surface area contributed by atoms with E-state index in [1.165, 1.54) is 11.8 Å². The lowest BCUT2D eigenvalue weighted by molar-refractivity contribution is 0.102. The van der Waals surface area contributed by atoms with Gasteiger partial charge in [-0.25, -0.2) is 0 Å². The van der Waals surface area contributed by atoms with Crippen molar-refractivity contribution in [3.8, 4) is 11.5 Å². The lowest BCUT2D eigenvalue weighted by atomic mass is 10.2. The molecule has 0 fully saturated rings. The lowest BCUT2D eigenvalue weighted by Gasteiger charge is -2.05. The van der Waals surface area contributed by atoms with E-state index in [9.17, 15) is 4.79 Å². The van der Waals surface area contributed by atoms with Crippen molar-refractivity contribution in [3.05, 3.63) is 51.8 Å². The zero-order valence-electron chi connectivity index (χ0n) is 14.2. The van der Waals surface area contributed by atoms with Crippen molar-refractivity contribution < 1.29 is 9.21 Å². The maximum absolute atomic E-state index is 12.5. The predicted octanol–water partition coefficient (Wildman–Crippen LogP) is 4.91. The Labute approximate surface area is 159 Å². The third kappa shape index (κ3) is 3.88. The van der Waals surface area contributed by atoms with Gasteiger partial charge in [0.15, 0.2) is 5.78 Å². The highest BCUT2D eigenvalue weighted by atomic mass is 79.9. The third-order valence-electron chi connectivity index (χ3n) is 4.00. The van der Waals surface area contributed by atoms with Crippen LogP contribution >= 0.6 is 27.7 Å². The number of halogens is 1. The number of ketones is 1. The van der Waals surface area contributed by atoms with Gasteiger partial charge in [0.25, 0.3) is 5.22 Å². The van der Waals surface area contributed by atoms with Crippen LogP contribution in [-0.4, -0.2) is 26.3 Å². The molecule has 0 amide bonds.